The van der Waals surface area contributed by atoms with Crippen molar-refractivity contribution in [3.05, 3.63) is 45.7 Å². The third-order valence-electron chi connectivity index (χ3n) is 4.34. The molecular formula is C17H16ClN3O2S. The van der Waals surface area contributed by atoms with Crippen molar-refractivity contribution in [2.24, 2.45) is 0 Å². The van der Waals surface area contributed by atoms with Crippen molar-refractivity contribution in [1.82, 2.24) is 15.0 Å². The lowest BCUT2D eigenvalue weighted by Crippen LogP contribution is -2.38. The van der Waals surface area contributed by atoms with E-state index in [2.05, 4.69) is 5.16 Å². The molecule has 3 heterocycles. The molecule has 1 aliphatic rings. The Hall–Kier alpha value is -1.92. The third-order valence-corrected chi connectivity index (χ3v) is 5.78. The van der Waals surface area contributed by atoms with Crippen LogP contribution in [0.2, 0.25) is 5.02 Å². The fourth-order valence-electron chi connectivity index (χ4n) is 3.05. The highest BCUT2D eigenvalue weighted by molar-refractivity contribution is 7.18. The van der Waals surface area contributed by atoms with E-state index in [1.54, 1.807) is 24.3 Å². The largest absolute Gasteiger partial charge is 0.361 e. The fraction of sp³-hybridized carbons (Fsp3) is 0.353. The minimum atomic E-state index is -0.0543. The first kappa shape index (κ1) is 15.6. The first-order valence-corrected chi connectivity index (χ1v) is 9.08. The Balaban J connectivity index is 1.46. The van der Waals surface area contributed by atoms with Crippen LogP contribution < -0.4 is 0 Å². The second-order valence-electron chi connectivity index (χ2n) is 6.05. The quantitative estimate of drug-likeness (QED) is 0.684. The molecular weight excluding hydrogens is 346 g/mol. The number of hydrogen-bond donors (Lipinski definition) is 0. The Bertz CT molecular complexity index is 896. The predicted octanol–water partition coefficient (Wildman–Crippen LogP) is 4.27. The maximum Gasteiger partial charge on any atom is 0.276 e. The molecule has 124 valence electrons. The van der Waals surface area contributed by atoms with E-state index < -0.39 is 0 Å². The van der Waals surface area contributed by atoms with Crippen molar-refractivity contribution < 1.29 is 9.32 Å². The molecule has 1 amide bonds. The number of aromatic nitrogens is 2. The molecule has 1 aromatic carbocycles. The van der Waals surface area contributed by atoms with E-state index in [-0.39, 0.29) is 5.91 Å². The zero-order valence-electron chi connectivity index (χ0n) is 13.2. The van der Waals surface area contributed by atoms with Gasteiger partial charge in [-0.3, -0.25) is 4.79 Å². The number of rotatable bonds is 2. The van der Waals surface area contributed by atoms with E-state index in [0.717, 1.165) is 28.1 Å². The highest BCUT2D eigenvalue weighted by atomic mass is 35.5. The van der Waals surface area contributed by atoms with Gasteiger partial charge >= 0.3 is 0 Å². The summed E-state index contributed by atoms with van der Waals surface area (Å²) in [5.74, 6) is 0.993. The van der Waals surface area contributed by atoms with Crippen molar-refractivity contribution in [3.63, 3.8) is 0 Å². The van der Waals surface area contributed by atoms with Crippen molar-refractivity contribution in [1.29, 1.82) is 0 Å². The van der Waals surface area contributed by atoms with Crippen LogP contribution in [0.25, 0.3) is 10.2 Å². The summed E-state index contributed by atoms with van der Waals surface area (Å²) < 4.78 is 6.15. The van der Waals surface area contributed by atoms with Gasteiger partial charge in [-0.1, -0.05) is 16.8 Å². The highest BCUT2D eigenvalue weighted by Gasteiger charge is 2.27. The van der Waals surface area contributed by atoms with E-state index in [4.69, 9.17) is 21.1 Å². The van der Waals surface area contributed by atoms with Gasteiger partial charge in [0.1, 0.15) is 5.76 Å². The average molecular weight is 362 g/mol. The van der Waals surface area contributed by atoms with Gasteiger partial charge in [-0.05, 0) is 38.0 Å². The smallest absolute Gasteiger partial charge is 0.276 e. The number of nitrogens with zero attached hydrogens (tertiary/aromatic N) is 3. The Kier molecular flexibility index (Phi) is 4.02. The molecule has 1 fully saturated rings. The van der Waals surface area contributed by atoms with E-state index in [1.165, 1.54) is 0 Å². The minimum absolute atomic E-state index is 0.0543. The van der Waals surface area contributed by atoms with Gasteiger partial charge in [0.05, 0.1) is 15.2 Å². The first-order valence-electron chi connectivity index (χ1n) is 7.89. The lowest BCUT2D eigenvalue weighted by molar-refractivity contribution is 0.0702. The van der Waals surface area contributed by atoms with Crippen LogP contribution in [0.15, 0.2) is 28.8 Å². The second-order valence-corrected chi connectivity index (χ2v) is 7.55. The molecule has 0 spiro atoms. The maximum atomic E-state index is 12.4. The predicted molar refractivity (Wildman–Crippen MR) is 93.7 cm³/mol. The van der Waals surface area contributed by atoms with Crippen molar-refractivity contribution in [2.75, 3.05) is 13.1 Å². The summed E-state index contributed by atoms with van der Waals surface area (Å²) in [6.07, 6.45) is 1.83. The number of aryl methyl sites for hydroxylation is 1. The van der Waals surface area contributed by atoms with E-state index >= 15 is 0 Å². The molecule has 0 bridgehead atoms. The highest BCUT2D eigenvalue weighted by Crippen LogP contribution is 2.34. The molecule has 2 aromatic heterocycles. The second kappa shape index (κ2) is 6.18. The molecule has 4 rings (SSSR count). The Morgan fingerprint density at radius 2 is 2.12 bits per heavy atom. The maximum absolute atomic E-state index is 12.4. The zero-order chi connectivity index (χ0) is 16.7. The fourth-order valence-corrected chi connectivity index (χ4v) is 4.33. The number of benzene rings is 1. The van der Waals surface area contributed by atoms with Gasteiger partial charge in [0.15, 0.2) is 5.69 Å². The van der Waals surface area contributed by atoms with Gasteiger partial charge in [0.25, 0.3) is 5.91 Å². The minimum Gasteiger partial charge on any atom is -0.361 e. The SMILES string of the molecule is Cc1cc(C(=O)N2CCC(c3nc4cc(Cl)ccc4s3)CC2)no1. The number of likely N-dealkylation sites (tertiary alicyclic amines) is 1. The molecule has 0 unspecified atom stereocenters. The number of hydrogen-bond acceptors (Lipinski definition) is 5. The normalized spacial score (nSPS) is 16.0. The molecule has 0 aliphatic carbocycles. The van der Waals surface area contributed by atoms with Gasteiger partial charge in [0.2, 0.25) is 0 Å². The summed E-state index contributed by atoms with van der Waals surface area (Å²) in [5.41, 5.74) is 1.35. The van der Waals surface area contributed by atoms with Crippen LogP contribution in [0.1, 0.15) is 40.0 Å². The number of amides is 1. The van der Waals surface area contributed by atoms with Crippen LogP contribution in [-0.2, 0) is 0 Å². The summed E-state index contributed by atoms with van der Waals surface area (Å²) in [6, 6.07) is 7.51. The molecule has 5 nitrogen and oxygen atoms in total. The van der Waals surface area contributed by atoms with E-state index in [1.807, 2.05) is 23.1 Å². The molecule has 1 saturated heterocycles. The van der Waals surface area contributed by atoms with Crippen molar-refractivity contribution in [3.8, 4) is 0 Å². The molecule has 3 aromatic rings. The standard InChI is InChI=1S/C17H16ClN3O2S/c1-10-8-14(20-23-10)17(22)21-6-4-11(5-7-21)16-19-13-9-12(18)2-3-15(13)24-16/h2-3,8-9,11H,4-7H2,1H3. The van der Waals surface area contributed by atoms with Gasteiger partial charge in [-0.15, -0.1) is 11.3 Å². The summed E-state index contributed by atoms with van der Waals surface area (Å²) in [5, 5.41) is 5.66. The van der Waals surface area contributed by atoms with E-state index in [9.17, 15) is 4.79 Å². The lowest BCUT2D eigenvalue weighted by Gasteiger charge is -2.30. The van der Waals surface area contributed by atoms with Crippen LogP contribution in [0.4, 0.5) is 0 Å². The first-order chi connectivity index (χ1) is 11.6. The van der Waals surface area contributed by atoms with Crippen LogP contribution >= 0.6 is 22.9 Å². The third kappa shape index (κ3) is 2.91. The van der Waals surface area contributed by atoms with Gasteiger partial charge in [-0.25, -0.2) is 4.98 Å². The van der Waals surface area contributed by atoms with Crippen LogP contribution in [-0.4, -0.2) is 34.0 Å². The monoisotopic (exact) mass is 361 g/mol. The Morgan fingerprint density at radius 3 is 2.83 bits per heavy atom. The van der Waals surface area contributed by atoms with Crippen LogP contribution in [0.3, 0.4) is 0 Å². The van der Waals surface area contributed by atoms with E-state index in [0.29, 0.717) is 35.5 Å². The number of piperidine rings is 1. The number of carbonyl (C=O) groups is 1. The number of thiazole rings is 1. The molecule has 0 saturated carbocycles. The topological polar surface area (TPSA) is 59.2 Å². The average Bonchev–Trinajstić information content (AvgIpc) is 3.20. The van der Waals surface area contributed by atoms with Gasteiger partial charge in [-0.2, -0.15) is 0 Å². The molecule has 24 heavy (non-hydrogen) atoms. The molecule has 7 heteroatoms. The summed E-state index contributed by atoms with van der Waals surface area (Å²) in [6.45, 7) is 3.22. The summed E-state index contributed by atoms with van der Waals surface area (Å²) in [4.78, 5) is 19.0. The van der Waals surface area contributed by atoms with Gasteiger partial charge in [0, 0.05) is 30.1 Å². The summed E-state index contributed by atoms with van der Waals surface area (Å²) >= 11 is 7.76. The number of halogens is 1. The zero-order valence-corrected chi connectivity index (χ0v) is 14.7. The molecule has 0 N–H and O–H groups in total. The molecule has 1 aliphatic heterocycles. The van der Waals surface area contributed by atoms with Crippen molar-refractivity contribution >= 4 is 39.1 Å². The van der Waals surface area contributed by atoms with Crippen LogP contribution in [0.5, 0.6) is 0 Å². The number of fused-ring (bicyclic) bond motifs is 1. The Labute approximate surface area is 148 Å². The molecule has 0 atom stereocenters. The summed E-state index contributed by atoms with van der Waals surface area (Å²) in [7, 11) is 0. The van der Waals surface area contributed by atoms with Gasteiger partial charge < -0.3 is 9.42 Å². The van der Waals surface area contributed by atoms with Crippen molar-refractivity contribution in [2.45, 2.75) is 25.7 Å². The van der Waals surface area contributed by atoms with Crippen LogP contribution in [0, 0.1) is 6.92 Å². The lowest BCUT2D eigenvalue weighted by atomic mass is 9.97. The molecule has 0 radical (unpaired) electrons. The Morgan fingerprint density at radius 1 is 1.33 bits per heavy atom. The number of carbonyl (C=O) groups excluding carboxylic acids is 1.